The minimum atomic E-state index is -1.14. The molecule has 32 heteroatoms. The van der Waals surface area contributed by atoms with Gasteiger partial charge in [0.2, 0.25) is 41.4 Å². The Kier molecular flexibility index (Phi) is 39.6. The molecule has 594 valence electrons. The number of carbonyl (C=O) groups is 12. The van der Waals surface area contributed by atoms with E-state index in [0.29, 0.717) is 47.7 Å². The first-order valence-corrected chi connectivity index (χ1v) is 36.6. The van der Waals surface area contributed by atoms with Gasteiger partial charge in [-0.05, 0) is 79.5 Å². The van der Waals surface area contributed by atoms with Crippen molar-refractivity contribution in [1.82, 2.24) is 46.3 Å². The molecule has 0 saturated carbocycles. The van der Waals surface area contributed by atoms with Crippen molar-refractivity contribution in [2.24, 2.45) is 35.3 Å². The van der Waals surface area contributed by atoms with E-state index in [1.807, 2.05) is 32.0 Å². The Balaban J connectivity index is 1.28. The molecule has 2 aromatic carbocycles. The Morgan fingerprint density at radius 2 is 1.25 bits per heavy atom. The first kappa shape index (κ1) is 90.0. The average Bonchev–Trinajstić information content (AvgIpc) is 1.23. The van der Waals surface area contributed by atoms with Crippen LogP contribution in [-0.4, -0.2) is 245 Å². The van der Waals surface area contributed by atoms with Gasteiger partial charge in [-0.15, -0.1) is 5.06 Å². The van der Waals surface area contributed by atoms with E-state index in [1.54, 1.807) is 109 Å². The number of anilines is 1. The van der Waals surface area contributed by atoms with Crippen molar-refractivity contribution >= 4 is 76.9 Å². The smallest absolute Gasteiger partial charge is 0.410 e. The second kappa shape index (κ2) is 46.6. The van der Waals surface area contributed by atoms with Gasteiger partial charge in [-0.1, -0.05) is 111 Å². The Morgan fingerprint density at radius 1 is 0.660 bits per heavy atom. The summed E-state index contributed by atoms with van der Waals surface area (Å²) in [4.78, 5) is 168. The minimum Gasteiger partial charge on any atom is -0.445 e. The number of urea groups is 1. The highest BCUT2D eigenvalue weighted by molar-refractivity contribution is 6.02. The SMILES string of the molecule is CC[C@H](C)[C@@H](C(CC(=O)N1CCC[C@H]1[C@H](OC)[C@@H](C)C(=O)N[C@H](C)[C@@H](O)c1ccccc1)OC)N(C)C(=O)[C@@H](NC(=O)[C@H](C(C)C)N(C)C(=O)OCc1ccc(NC(=O)[C@H](CCCNC(N)=O)NC(=O)[C@@H](NC(=O)CCOCCOCCOCCOCCC(=O)ON2C(=O)CCC2=O)C(C)C)cc1)C(C)C. The summed E-state index contributed by atoms with van der Waals surface area (Å²) in [6.07, 6.45) is -1.40. The molecule has 9 N–H and O–H groups in total. The van der Waals surface area contributed by atoms with Crippen molar-refractivity contribution in [3.05, 3.63) is 65.7 Å². The van der Waals surface area contributed by atoms with Crippen molar-refractivity contribution in [1.29, 1.82) is 0 Å². The third-order valence-corrected chi connectivity index (χ3v) is 18.8. The van der Waals surface area contributed by atoms with Gasteiger partial charge in [0.15, 0.2) is 0 Å². The summed E-state index contributed by atoms with van der Waals surface area (Å²) < 4.78 is 39.6. The maximum absolute atomic E-state index is 14.8. The fourth-order valence-corrected chi connectivity index (χ4v) is 12.6. The number of imide groups is 1. The van der Waals surface area contributed by atoms with Gasteiger partial charge in [-0.25, -0.2) is 14.4 Å². The number of nitrogens with two attached hydrogens (primary N) is 1. The number of hydrogen-bond acceptors (Lipinski definition) is 21. The summed E-state index contributed by atoms with van der Waals surface area (Å²) in [7, 11) is 6.06. The number of primary amides is 1. The van der Waals surface area contributed by atoms with Crippen LogP contribution in [0, 0.1) is 29.6 Å². The van der Waals surface area contributed by atoms with Crippen molar-refractivity contribution in [2.75, 3.05) is 99.6 Å². The van der Waals surface area contributed by atoms with E-state index in [9.17, 15) is 62.6 Å². The molecule has 32 nitrogen and oxygen atoms in total. The molecule has 0 aliphatic carbocycles. The van der Waals surface area contributed by atoms with Crippen LogP contribution in [0.5, 0.6) is 0 Å². The number of methoxy groups -OCH3 is 2. The topological polar surface area (TPSA) is 410 Å². The summed E-state index contributed by atoms with van der Waals surface area (Å²) in [6, 6.07) is 8.57. The Bertz CT molecular complexity index is 3130. The summed E-state index contributed by atoms with van der Waals surface area (Å²) in [5.74, 6) is -7.38. The number of aliphatic hydroxyl groups is 1. The molecular weight excluding hydrogens is 1380 g/mol. The van der Waals surface area contributed by atoms with E-state index < -0.39 is 144 Å². The number of likely N-dealkylation sites (N-methyl/N-ethyl adjacent to an activating group) is 2. The van der Waals surface area contributed by atoms with Crippen LogP contribution in [-0.2, 0) is 92.5 Å². The van der Waals surface area contributed by atoms with Gasteiger partial charge in [0, 0.05) is 66.4 Å². The Labute approximate surface area is 622 Å². The molecule has 2 saturated heterocycles. The molecule has 1 unspecified atom stereocenters. The highest BCUT2D eigenvalue weighted by Gasteiger charge is 2.44. The van der Waals surface area contributed by atoms with E-state index in [4.69, 9.17) is 43.7 Å². The lowest BCUT2D eigenvalue weighted by atomic mass is 9.89. The second-order valence-electron chi connectivity index (χ2n) is 27.8. The first-order chi connectivity index (χ1) is 50.4. The third kappa shape index (κ3) is 29.1. The number of likely N-dealkylation sites (tertiary alicyclic amines) is 1. The summed E-state index contributed by atoms with van der Waals surface area (Å²) >= 11 is 0. The predicted octanol–water partition coefficient (Wildman–Crippen LogP) is 4.05. The van der Waals surface area contributed by atoms with Gasteiger partial charge in [0.25, 0.3) is 11.8 Å². The van der Waals surface area contributed by atoms with Crippen molar-refractivity contribution in [3.63, 3.8) is 0 Å². The number of aliphatic hydroxyl groups excluding tert-OH is 1. The monoisotopic (exact) mass is 1500 g/mol. The number of benzene rings is 2. The molecule has 2 heterocycles. The summed E-state index contributed by atoms with van der Waals surface area (Å²) in [5.41, 5.74) is 6.76. The van der Waals surface area contributed by atoms with Gasteiger partial charge in [0.1, 0.15) is 30.8 Å². The quantitative estimate of drug-likeness (QED) is 0.0342. The van der Waals surface area contributed by atoms with Crippen LogP contribution in [0.3, 0.4) is 0 Å². The number of carbonyl (C=O) groups excluding carboxylic acids is 12. The molecule has 0 spiro atoms. The molecule has 12 amide bonds. The van der Waals surface area contributed by atoms with Crippen LogP contribution in [0.15, 0.2) is 54.6 Å². The molecule has 2 aromatic rings. The highest BCUT2D eigenvalue weighted by atomic mass is 16.7. The first-order valence-electron chi connectivity index (χ1n) is 36.6. The van der Waals surface area contributed by atoms with Gasteiger partial charge in [-0.3, -0.25) is 48.1 Å². The number of nitrogens with zero attached hydrogens (tertiary/aromatic N) is 4. The lowest BCUT2D eigenvalue weighted by molar-refractivity contribution is -0.198. The normalized spacial score (nSPS) is 16.9. The number of nitrogens with one attached hydrogen (secondary N) is 6. The number of ether oxygens (including phenoxy) is 7. The number of hydrogen-bond donors (Lipinski definition) is 8. The van der Waals surface area contributed by atoms with E-state index in [-0.39, 0.29) is 129 Å². The fourth-order valence-electron chi connectivity index (χ4n) is 12.6. The molecule has 106 heavy (non-hydrogen) atoms. The summed E-state index contributed by atoms with van der Waals surface area (Å²) in [6.45, 7) is 19.5. The van der Waals surface area contributed by atoms with E-state index in [2.05, 4.69) is 31.9 Å². The van der Waals surface area contributed by atoms with Crippen molar-refractivity contribution in [2.45, 2.75) is 201 Å². The zero-order valence-corrected chi connectivity index (χ0v) is 64.2. The lowest BCUT2D eigenvalue weighted by Crippen LogP contribution is -2.60. The molecule has 0 bridgehead atoms. The Morgan fingerprint density at radius 3 is 1.79 bits per heavy atom. The second-order valence-corrected chi connectivity index (χ2v) is 27.8. The lowest BCUT2D eigenvalue weighted by Gasteiger charge is -2.41. The van der Waals surface area contributed by atoms with Crippen LogP contribution < -0.4 is 37.6 Å². The van der Waals surface area contributed by atoms with E-state index in [0.717, 1.165) is 0 Å². The molecule has 2 aliphatic heterocycles. The molecule has 0 aromatic heterocycles. The van der Waals surface area contributed by atoms with Gasteiger partial charge >= 0.3 is 18.1 Å². The van der Waals surface area contributed by atoms with Crippen molar-refractivity contribution in [3.8, 4) is 0 Å². The van der Waals surface area contributed by atoms with Crippen LogP contribution in [0.4, 0.5) is 15.3 Å². The Hall–Kier alpha value is -8.40. The van der Waals surface area contributed by atoms with E-state index >= 15 is 0 Å². The van der Waals surface area contributed by atoms with Crippen LogP contribution in [0.25, 0.3) is 0 Å². The molecule has 12 atom stereocenters. The molecule has 4 rings (SSSR count). The third-order valence-electron chi connectivity index (χ3n) is 18.8. The van der Waals surface area contributed by atoms with Gasteiger partial charge in [-0.2, -0.15) is 0 Å². The minimum absolute atomic E-state index is 0.00380. The zero-order valence-electron chi connectivity index (χ0n) is 64.2. The predicted molar refractivity (Wildman–Crippen MR) is 389 cm³/mol. The molecule has 0 radical (unpaired) electrons. The van der Waals surface area contributed by atoms with E-state index in [1.165, 1.54) is 26.2 Å². The maximum Gasteiger partial charge on any atom is 0.410 e. The zero-order chi connectivity index (χ0) is 78.7. The maximum atomic E-state index is 14.8. The molecule has 2 aliphatic rings. The van der Waals surface area contributed by atoms with Gasteiger partial charge in [0.05, 0.1) is 108 Å². The van der Waals surface area contributed by atoms with Crippen LogP contribution >= 0.6 is 0 Å². The average molecular weight is 1500 g/mol. The summed E-state index contributed by atoms with van der Waals surface area (Å²) in [5, 5.41) is 28.1. The van der Waals surface area contributed by atoms with Crippen molar-refractivity contribution < 1.29 is 101 Å². The molecular formula is C74H117N11O21. The van der Waals surface area contributed by atoms with Gasteiger partial charge < -0.3 is 90.5 Å². The van der Waals surface area contributed by atoms with Crippen LogP contribution in [0.2, 0.25) is 0 Å². The molecule has 2 fully saturated rings. The standard InChI is InChI=1S/C74H117N11O21/c1-15-48(8)65(56(99-13)43-60(89)84-34-20-24-55(84)67(100-14)49(9)68(92)77-50(10)66(91)52-21-17-16-18-22-52)82(11)72(96)63(46(4)5)81-71(95)64(47(6)7)83(12)74(98)105-44-51-25-27-53(28-26-51)78-69(93)54(23-19-33-76-73(75)97)79-70(94)62(45(2)3)80-57(86)31-35-101-37-39-103-41-42-104-40-38-102-36-32-61(90)106-85-58(87)29-30-59(85)88/h16-18,21-22,25-28,45-50,54-56,62-67,91H,15,19-20,23-24,29-44H2,1-14H3,(H,77,92)(H,78,93)(H,79,94)(H,80,86)(H,81,95)(H3,75,76,97)/t48-,49+,50+,54-,55-,56?,62-,63-,64-,65-,66+,67+/m0/s1. The number of rotatable bonds is 48. The fraction of sp³-hybridized carbons (Fsp3) is 0.676. The number of amides is 12. The highest BCUT2D eigenvalue weighted by Crippen LogP contribution is 2.31. The number of hydroxylamine groups is 2. The van der Waals surface area contributed by atoms with Crippen LogP contribution in [0.1, 0.15) is 151 Å². The largest absolute Gasteiger partial charge is 0.445 e.